The van der Waals surface area contributed by atoms with Gasteiger partial charge in [0.15, 0.2) is 0 Å². The molecule has 1 heterocycles. The van der Waals surface area contributed by atoms with Crippen LogP contribution in [-0.2, 0) is 18.3 Å². The van der Waals surface area contributed by atoms with Crippen molar-refractivity contribution in [3.8, 4) is 0 Å². The summed E-state index contributed by atoms with van der Waals surface area (Å²) in [5.74, 6) is 0. The average molecular weight is 290 g/mol. The molecule has 19 heavy (non-hydrogen) atoms. The van der Waals surface area contributed by atoms with Crippen molar-refractivity contribution < 1.29 is 18.3 Å². The maximum Gasteiger partial charge on any atom is 0.370 e. The molecule has 1 aliphatic rings. The molecule has 114 valence electrons. The van der Waals surface area contributed by atoms with Crippen molar-refractivity contribution in [2.75, 3.05) is 27.9 Å². The standard InChI is InChI=1S/C14H30O4Si/c1-13(2)18-11-8-10-14(15-3)9-6-7-12-19(14,16-4)17-5/h13H,6-12H2,1-5H3. The fourth-order valence-electron chi connectivity index (χ4n) is 3.20. The fraction of sp³-hybridized carbons (Fsp3) is 1.00. The molecule has 0 N–H and O–H groups in total. The Bertz CT molecular complexity index is 256. The highest BCUT2D eigenvalue weighted by atomic mass is 28.4. The van der Waals surface area contributed by atoms with Gasteiger partial charge in [0.05, 0.1) is 6.10 Å². The van der Waals surface area contributed by atoms with Crippen LogP contribution in [0.4, 0.5) is 0 Å². The molecule has 1 rings (SSSR count). The Morgan fingerprint density at radius 2 is 1.79 bits per heavy atom. The smallest absolute Gasteiger partial charge is 0.370 e. The van der Waals surface area contributed by atoms with Crippen molar-refractivity contribution in [3.63, 3.8) is 0 Å². The lowest BCUT2D eigenvalue weighted by molar-refractivity contribution is -0.0230. The fourth-order valence-corrected chi connectivity index (χ4v) is 7.11. The van der Waals surface area contributed by atoms with E-state index in [2.05, 4.69) is 13.8 Å². The molecule has 0 amide bonds. The molecule has 1 saturated heterocycles. The first-order valence-corrected chi connectivity index (χ1v) is 9.35. The van der Waals surface area contributed by atoms with E-state index in [9.17, 15) is 0 Å². The summed E-state index contributed by atoms with van der Waals surface area (Å²) in [6, 6.07) is 1.03. The van der Waals surface area contributed by atoms with E-state index in [1.54, 1.807) is 21.3 Å². The summed E-state index contributed by atoms with van der Waals surface area (Å²) in [7, 11) is 3.09. The Morgan fingerprint density at radius 1 is 1.11 bits per heavy atom. The van der Waals surface area contributed by atoms with Crippen LogP contribution in [0.5, 0.6) is 0 Å². The van der Waals surface area contributed by atoms with Crippen molar-refractivity contribution >= 4 is 8.56 Å². The summed E-state index contributed by atoms with van der Waals surface area (Å²) in [5.41, 5.74) is 0. The van der Waals surface area contributed by atoms with Crippen LogP contribution in [0.25, 0.3) is 0 Å². The molecular weight excluding hydrogens is 260 g/mol. The molecule has 0 radical (unpaired) electrons. The lowest BCUT2D eigenvalue weighted by atomic mass is 10.1. The third-order valence-corrected chi connectivity index (χ3v) is 8.68. The lowest BCUT2D eigenvalue weighted by Crippen LogP contribution is -2.64. The molecule has 0 bridgehead atoms. The van der Waals surface area contributed by atoms with Crippen molar-refractivity contribution in [1.29, 1.82) is 0 Å². The van der Waals surface area contributed by atoms with Gasteiger partial charge >= 0.3 is 8.56 Å². The Morgan fingerprint density at radius 3 is 2.32 bits per heavy atom. The summed E-state index contributed by atoms with van der Waals surface area (Å²) in [5, 5.41) is -0.213. The van der Waals surface area contributed by atoms with E-state index >= 15 is 0 Å². The molecule has 0 aliphatic carbocycles. The Hall–Kier alpha value is 0.0569. The highest BCUT2D eigenvalue weighted by molar-refractivity contribution is 6.70. The van der Waals surface area contributed by atoms with E-state index in [4.69, 9.17) is 18.3 Å². The maximum absolute atomic E-state index is 5.94. The van der Waals surface area contributed by atoms with Gasteiger partial charge in [-0.25, -0.2) is 0 Å². The normalized spacial score (nSPS) is 26.8. The number of ether oxygens (including phenoxy) is 2. The van der Waals surface area contributed by atoms with Crippen molar-refractivity contribution in [3.05, 3.63) is 0 Å². The minimum Gasteiger partial charge on any atom is -0.396 e. The van der Waals surface area contributed by atoms with Gasteiger partial charge < -0.3 is 18.3 Å². The SMILES string of the molecule is COC1(CCCOC(C)C)CCCC[Si]1(OC)OC. The zero-order valence-electron chi connectivity index (χ0n) is 13.2. The predicted molar refractivity (Wildman–Crippen MR) is 78.5 cm³/mol. The van der Waals surface area contributed by atoms with Gasteiger partial charge in [0.2, 0.25) is 0 Å². The van der Waals surface area contributed by atoms with Crippen LogP contribution < -0.4 is 0 Å². The molecule has 4 nitrogen and oxygen atoms in total. The molecule has 1 unspecified atom stereocenters. The topological polar surface area (TPSA) is 36.9 Å². The third-order valence-electron chi connectivity index (χ3n) is 4.26. The highest BCUT2D eigenvalue weighted by Crippen LogP contribution is 2.42. The van der Waals surface area contributed by atoms with Crippen LogP contribution in [0.15, 0.2) is 0 Å². The number of hydrogen-bond donors (Lipinski definition) is 0. The van der Waals surface area contributed by atoms with Crippen LogP contribution in [0.3, 0.4) is 0 Å². The van der Waals surface area contributed by atoms with Crippen molar-refractivity contribution in [1.82, 2.24) is 0 Å². The second-order valence-electron chi connectivity index (χ2n) is 5.59. The molecule has 1 aliphatic heterocycles. The quantitative estimate of drug-likeness (QED) is 0.508. The molecule has 0 aromatic heterocycles. The first kappa shape index (κ1) is 17.1. The van der Waals surface area contributed by atoms with Crippen LogP contribution in [-0.4, -0.2) is 47.8 Å². The van der Waals surface area contributed by atoms with Crippen LogP contribution >= 0.6 is 0 Å². The average Bonchev–Trinajstić information content (AvgIpc) is 2.43. The minimum absolute atomic E-state index is 0.213. The van der Waals surface area contributed by atoms with Crippen molar-refractivity contribution in [2.45, 2.75) is 63.3 Å². The summed E-state index contributed by atoms with van der Waals surface area (Å²) in [6.07, 6.45) is 5.66. The van der Waals surface area contributed by atoms with Crippen molar-refractivity contribution in [2.24, 2.45) is 0 Å². The van der Waals surface area contributed by atoms with Crippen LogP contribution in [0.1, 0.15) is 46.0 Å². The minimum atomic E-state index is -2.27. The predicted octanol–water partition coefficient (Wildman–Crippen LogP) is 3.03. The number of rotatable bonds is 8. The van der Waals surface area contributed by atoms with Gasteiger partial charge in [-0.1, -0.05) is 12.8 Å². The van der Waals surface area contributed by atoms with Gasteiger partial charge in [-0.3, -0.25) is 0 Å². The highest BCUT2D eigenvalue weighted by Gasteiger charge is 2.58. The van der Waals surface area contributed by atoms with E-state index in [0.717, 1.165) is 31.9 Å². The summed E-state index contributed by atoms with van der Waals surface area (Å²) >= 11 is 0. The van der Waals surface area contributed by atoms with Crippen LogP contribution in [0.2, 0.25) is 6.04 Å². The van der Waals surface area contributed by atoms with E-state index in [1.165, 1.54) is 12.8 Å². The van der Waals surface area contributed by atoms with E-state index in [1.807, 2.05) is 0 Å². The van der Waals surface area contributed by atoms with E-state index < -0.39 is 8.56 Å². The molecule has 0 aromatic carbocycles. The van der Waals surface area contributed by atoms with Gasteiger partial charge in [0.25, 0.3) is 0 Å². The monoisotopic (exact) mass is 290 g/mol. The van der Waals surface area contributed by atoms with Gasteiger partial charge in [-0.15, -0.1) is 0 Å². The largest absolute Gasteiger partial charge is 0.396 e. The second-order valence-corrected chi connectivity index (χ2v) is 9.32. The Balaban J connectivity index is 2.68. The first-order valence-electron chi connectivity index (χ1n) is 7.33. The zero-order chi connectivity index (χ0) is 14.4. The van der Waals surface area contributed by atoms with Gasteiger partial charge in [0.1, 0.15) is 5.22 Å². The summed E-state index contributed by atoms with van der Waals surface area (Å²) in [4.78, 5) is 0. The summed E-state index contributed by atoms with van der Waals surface area (Å²) < 4.78 is 23.3. The summed E-state index contributed by atoms with van der Waals surface area (Å²) in [6.45, 7) is 4.91. The van der Waals surface area contributed by atoms with E-state index in [-0.39, 0.29) is 11.3 Å². The molecule has 5 heteroatoms. The van der Waals surface area contributed by atoms with Crippen LogP contribution in [0, 0.1) is 0 Å². The second kappa shape index (κ2) is 7.74. The van der Waals surface area contributed by atoms with E-state index in [0.29, 0.717) is 0 Å². The lowest BCUT2D eigenvalue weighted by Gasteiger charge is -2.48. The van der Waals surface area contributed by atoms with Gasteiger partial charge in [-0.2, -0.15) is 0 Å². The van der Waals surface area contributed by atoms with Gasteiger partial charge in [-0.05, 0) is 39.2 Å². The zero-order valence-corrected chi connectivity index (χ0v) is 14.2. The number of hydrogen-bond acceptors (Lipinski definition) is 4. The maximum atomic E-state index is 5.94. The molecule has 0 spiro atoms. The molecule has 0 saturated carbocycles. The Kier molecular flexibility index (Phi) is 6.97. The molecule has 0 aromatic rings. The molecule has 1 atom stereocenters. The molecule has 1 fully saturated rings. The number of methoxy groups -OCH3 is 1. The third kappa shape index (κ3) is 3.79. The molecular formula is C14H30O4Si. The first-order chi connectivity index (χ1) is 9.06. The Labute approximate surface area is 119 Å². The van der Waals surface area contributed by atoms with Gasteiger partial charge in [0, 0.05) is 27.9 Å².